The minimum Gasteiger partial charge on any atom is -0.496 e. The van der Waals surface area contributed by atoms with Crippen LogP contribution in [-0.4, -0.2) is 19.8 Å². The summed E-state index contributed by atoms with van der Waals surface area (Å²) in [5.74, 6) is 3.23. The van der Waals surface area contributed by atoms with Crippen molar-refractivity contribution in [2.75, 3.05) is 14.2 Å². The molecule has 4 rings (SSSR count). The van der Waals surface area contributed by atoms with Gasteiger partial charge in [0.1, 0.15) is 5.75 Å². The zero-order valence-electron chi connectivity index (χ0n) is 24.0. The molecule has 2 fully saturated rings. The van der Waals surface area contributed by atoms with Crippen molar-refractivity contribution >= 4 is 0 Å². The quantitative estimate of drug-likeness (QED) is 0.453. The molecule has 0 aliphatic heterocycles. The summed E-state index contributed by atoms with van der Waals surface area (Å²) < 4.78 is 12.4. The molecule has 3 aliphatic carbocycles. The fourth-order valence-corrected chi connectivity index (χ4v) is 10.7. The molecule has 2 heteroatoms. The largest absolute Gasteiger partial charge is 0.496 e. The monoisotopic (exact) mass is 454 g/mol. The molecule has 33 heavy (non-hydrogen) atoms. The fraction of sp³-hybridized carbons (Fsp3) is 0.806. The number of ether oxygens (including phenoxy) is 2. The number of hydrogen-bond acceptors (Lipinski definition) is 2. The van der Waals surface area contributed by atoms with Crippen molar-refractivity contribution in [3.05, 3.63) is 27.8 Å². The van der Waals surface area contributed by atoms with Crippen molar-refractivity contribution in [1.82, 2.24) is 0 Å². The highest BCUT2D eigenvalue weighted by molar-refractivity contribution is 5.60. The molecule has 0 N–H and O–H groups in total. The Balaban J connectivity index is 2.12. The number of methoxy groups -OCH3 is 2. The predicted octanol–water partition coefficient (Wildman–Crippen LogP) is 7.82. The summed E-state index contributed by atoms with van der Waals surface area (Å²) in [5.41, 5.74) is 7.85. The molecule has 9 atom stereocenters. The normalized spacial score (nSPS) is 48.8. The smallest absolute Gasteiger partial charge is 0.125 e. The van der Waals surface area contributed by atoms with Gasteiger partial charge in [0.15, 0.2) is 0 Å². The van der Waals surface area contributed by atoms with Crippen LogP contribution in [0.1, 0.15) is 96.6 Å². The van der Waals surface area contributed by atoms with Crippen LogP contribution in [0.3, 0.4) is 0 Å². The van der Waals surface area contributed by atoms with Crippen molar-refractivity contribution in [3.63, 3.8) is 0 Å². The summed E-state index contributed by atoms with van der Waals surface area (Å²) in [7, 11) is 3.78. The lowest BCUT2D eigenvalue weighted by Gasteiger charge is -2.73. The first-order chi connectivity index (χ1) is 15.1. The summed E-state index contributed by atoms with van der Waals surface area (Å²) in [5, 5.41) is 0. The lowest BCUT2D eigenvalue weighted by molar-refractivity contribution is -0.211. The molecule has 1 aromatic carbocycles. The molecular formula is C31H50O2. The zero-order chi connectivity index (χ0) is 25.1. The summed E-state index contributed by atoms with van der Waals surface area (Å²) in [6.45, 7) is 30.0. The third kappa shape index (κ3) is 2.32. The summed E-state index contributed by atoms with van der Waals surface area (Å²) >= 11 is 0. The highest BCUT2D eigenvalue weighted by Gasteiger charge is 2.79. The minimum absolute atomic E-state index is 0.0904. The van der Waals surface area contributed by atoms with E-state index in [2.05, 4.69) is 83.1 Å². The third-order valence-electron chi connectivity index (χ3n) is 13.6. The predicted molar refractivity (Wildman–Crippen MR) is 139 cm³/mol. The second kappa shape index (κ2) is 7.02. The standard InChI is InChI=1S/C31H50O2/c1-17-15-24-21(5)26(32-13)20(4)19(3)25(24)28(9)18(2)16-27(8)22(6)29(10,33-14)23(7)31(27,12)30(17,28)11/h17-18,22-23H,15-16H2,1-14H3/t17-,18-,22+,23+,27-,28-,29?,30+,31-/m1/s1. The first kappa shape index (κ1) is 25.1. The lowest BCUT2D eigenvalue weighted by Crippen LogP contribution is -2.70. The van der Waals surface area contributed by atoms with Crippen LogP contribution in [0.15, 0.2) is 0 Å². The van der Waals surface area contributed by atoms with E-state index in [1.165, 1.54) is 23.1 Å². The molecule has 0 bridgehead atoms. The van der Waals surface area contributed by atoms with Gasteiger partial charge in [0.05, 0.1) is 12.7 Å². The van der Waals surface area contributed by atoms with E-state index in [1.54, 1.807) is 11.1 Å². The number of fused-ring (bicyclic) bond motifs is 5. The molecule has 3 aliphatic rings. The summed E-state index contributed by atoms with van der Waals surface area (Å²) in [6.07, 6.45) is 2.38. The van der Waals surface area contributed by atoms with Crippen LogP contribution in [0.25, 0.3) is 0 Å². The Bertz CT molecular complexity index is 995. The van der Waals surface area contributed by atoms with Gasteiger partial charge in [0.25, 0.3) is 0 Å². The molecule has 0 saturated heterocycles. The van der Waals surface area contributed by atoms with Crippen molar-refractivity contribution in [1.29, 1.82) is 0 Å². The van der Waals surface area contributed by atoms with E-state index in [0.29, 0.717) is 23.7 Å². The molecule has 2 saturated carbocycles. The highest BCUT2D eigenvalue weighted by atomic mass is 16.5. The maximum Gasteiger partial charge on any atom is 0.125 e. The van der Waals surface area contributed by atoms with E-state index in [4.69, 9.17) is 9.47 Å². The fourth-order valence-electron chi connectivity index (χ4n) is 10.7. The first-order valence-electron chi connectivity index (χ1n) is 13.3. The van der Waals surface area contributed by atoms with E-state index in [1.807, 2.05) is 14.2 Å². The molecule has 0 heterocycles. The van der Waals surface area contributed by atoms with Crippen LogP contribution in [-0.2, 0) is 16.6 Å². The van der Waals surface area contributed by atoms with Crippen molar-refractivity contribution < 1.29 is 9.47 Å². The minimum atomic E-state index is -0.113. The Morgan fingerprint density at radius 1 is 0.727 bits per heavy atom. The van der Waals surface area contributed by atoms with Crippen LogP contribution in [0.4, 0.5) is 0 Å². The zero-order valence-corrected chi connectivity index (χ0v) is 24.0. The number of benzene rings is 1. The van der Waals surface area contributed by atoms with Crippen LogP contribution in [0.5, 0.6) is 5.75 Å². The van der Waals surface area contributed by atoms with Crippen LogP contribution in [0.2, 0.25) is 0 Å². The van der Waals surface area contributed by atoms with Gasteiger partial charge >= 0.3 is 0 Å². The molecular weight excluding hydrogens is 404 g/mol. The molecule has 0 radical (unpaired) electrons. The van der Waals surface area contributed by atoms with Gasteiger partial charge in [-0.1, -0.05) is 55.4 Å². The van der Waals surface area contributed by atoms with E-state index < -0.39 is 0 Å². The highest BCUT2D eigenvalue weighted by Crippen LogP contribution is 2.82. The number of hydrogen-bond donors (Lipinski definition) is 0. The van der Waals surface area contributed by atoms with E-state index >= 15 is 0 Å². The Labute approximate surface area is 204 Å². The molecule has 1 unspecified atom stereocenters. The lowest BCUT2D eigenvalue weighted by atomic mass is 9.30. The Hall–Kier alpha value is -1.02. The Kier molecular flexibility index (Phi) is 5.34. The SMILES string of the molecule is COc1c(C)c(C)c2c(c1C)C[C@@H](C)[C@]1(C)[C@]3(C)[C@@H](C)C(C)(OC)[C@@H](C)[C@@]3(C)C[C@@H](C)[C@]21C. The van der Waals surface area contributed by atoms with E-state index in [0.717, 1.165) is 12.2 Å². The van der Waals surface area contributed by atoms with Crippen molar-refractivity contribution in [2.24, 2.45) is 39.9 Å². The van der Waals surface area contributed by atoms with Gasteiger partial charge in [0.2, 0.25) is 0 Å². The molecule has 186 valence electrons. The molecule has 1 aromatic rings. The number of rotatable bonds is 2. The second-order valence-electron chi connectivity index (χ2n) is 13.3. The van der Waals surface area contributed by atoms with Gasteiger partial charge < -0.3 is 9.47 Å². The van der Waals surface area contributed by atoms with Gasteiger partial charge in [-0.2, -0.15) is 0 Å². The van der Waals surface area contributed by atoms with E-state index in [-0.39, 0.29) is 27.3 Å². The van der Waals surface area contributed by atoms with Gasteiger partial charge in [-0.3, -0.25) is 0 Å². The summed E-state index contributed by atoms with van der Waals surface area (Å²) in [6, 6.07) is 0. The van der Waals surface area contributed by atoms with Gasteiger partial charge in [-0.15, -0.1) is 0 Å². The second-order valence-corrected chi connectivity index (χ2v) is 13.3. The average molecular weight is 455 g/mol. The summed E-state index contributed by atoms with van der Waals surface area (Å²) in [4.78, 5) is 0. The third-order valence-corrected chi connectivity index (χ3v) is 13.6. The topological polar surface area (TPSA) is 18.5 Å². The van der Waals surface area contributed by atoms with Gasteiger partial charge in [-0.25, -0.2) is 0 Å². The maximum absolute atomic E-state index is 6.42. The van der Waals surface area contributed by atoms with Gasteiger partial charge in [0, 0.05) is 12.5 Å². The van der Waals surface area contributed by atoms with Crippen molar-refractivity contribution in [3.8, 4) is 5.75 Å². The molecule has 0 amide bonds. The molecule has 0 spiro atoms. The molecule has 2 nitrogen and oxygen atoms in total. The van der Waals surface area contributed by atoms with E-state index in [9.17, 15) is 0 Å². The van der Waals surface area contributed by atoms with Crippen molar-refractivity contribution in [2.45, 2.75) is 107 Å². The van der Waals surface area contributed by atoms with Gasteiger partial charge in [-0.05, 0) is 108 Å². The Morgan fingerprint density at radius 3 is 1.82 bits per heavy atom. The maximum atomic E-state index is 6.42. The molecule has 0 aromatic heterocycles. The Morgan fingerprint density at radius 2 is 1.30 bits per heavy atom. The van der Waals surface area contributed by atoms with Crippen LogP contribution >= 0.6 is 0 Å². The van der Waals surface area contributed by atoms with Crippen LogP contribution < -0.4 is 4.74 Å². The first-order valence-corrected chi connectivity index (χ1v) is 13.3. The average Bonchev–Trinajstić information content (AvgIpc) is 2.88. The van der Waals surface area contributed by atoms with Crippen LogP contribution in [0, 0.1) is 60.7 Å².